The normalized spacial score (nSPS) is 15.2. The van der Waals surface area contributed by atoms with Gasteiger partial charge in [-0.3, -0.25) is 4.79 Å². The van der Waals surface area contributed by atoms with Crippen molar-refractivity contribution in [3.8, 4) is 5.69 Å². The number of carbonyl (C=O) groups is 1. The van der Waals surface area contributed by atoms with E-state index in [9.17, 15) is 4.79 Å². The number of nitrogens with zero attached hydrogens (tertiary/aromatic N) is 3. The lowest BCUT2D eigenvalue weighted by Crippen LogP contribution is -2.40. The first-order valence-corrected chi connectivity index (χ1v) is 7.01. The minimum atomic E-state index is -0.127. The Kier molecular flexibility index (Phi) is 3.81. The third kappa shape index (κ3) is 2.86. The van der Waals surface area contributed by atoms with Crippen LogP contribution in [0.15, 0.2) is 30.3 Å². The molecule has 0 radical (unpaired) electrons. The minimum Gasteiger partial charge on any atom is -0.384 e. The van der Waals surface area contributed by atoms with Gasteiger partial charge in [0.15, 0.2) is 5.69 Å². The maximum atomic E-state index is 12.4. The van der Waals surface area contributed by atoms with Crippen LogP contribution < -0.4 is 5.73 Å². The number of rotatable bonds is 2. The van der Waals surface area contributed by atoms with Crippen LogP contribution in [0.2, 0.25) is 5.02 Å². The van der Waals surface area contributed by atoms with E-state index < -0.39 is 0 Å². The summed E-state index contributed by atoms with van der Waals surface area (Å²) < 4.78 is 6.77. The van der Waals surface area contributed by atoms with Crippen LogP contribution in [0.3, 0.4) is 0 Å². The number of anilines is 1. The average Bonchev–Trinajstić information content (AvgIpc) is 2.90. The van der Waals surface area contributed by atoms with Crippen LogP contribution >= 0.6 is 11.6 Å². The molecule has 1 aromatic heterocycles. The number of amides is 1. The van der Waals surface area contributed by atoms with E-state index in [0.29, 0.717) is 42.8 Å². The highest BCUT2D eigenvalue weighted by Crippen LogP contribution is 2.18. The topological polar surface area (TPSA) is 73.4 Å². The van der Waals surface area contributed by atoms with Crippen LogP contribution in [0.25, 0.3) is 5.69 Å². The predicted octanol–water partition coefficient (Wildman–Crippen LogP) is 1.58. The van der Waals surface area contributed by atoms with E-state index in [4.69, 9.17) is 22.1 Å². The van der Waals surface area contributed by atoms with Gasteiger partial charge in [-0.2, -0.15) is 5.10 Å². The van der Waals surface area contributed by atoms with Gasteiger partial charge in [0.2, 0.25) is 0 Å². The summed E-state index contributed by atoms with van der Waals surface area (Å²) in [4.78, 5) is 14.1. The van der Waals surface area contributed by atoms with E-state index >= 15 is 0 Å². The van der Waals surface area contributed by atoms with Crippen molar-refractivity contribution in [2.45, 2.75) is 0 Å². The van der Waals surface area contributed by atoms with E-state index in [1.54, 1.807) is 35.2 Å². The second-order valence-electron chi connectivity index (χ2n) is 4.75. The first-order valence-electron chi connectivity index (χ1n) is 6.63. The molecule has 110 valence electrons. The van der Waals surface area contributed by atoms with Gasteiger partial charge >= 0.3 is 0 Å². The maximum absolute atomic E-state index is 12.4. The Morgan fingerprint density at radius 3 is 2.57 bits per heavy atom. The Labute approximate surface area is 127 Å². The highest BCUT2D eigenvalue weighted by molar-refractivity contribution is 6.30. The van der Waals surface area contributed by atoms with Crippen molar-refractivity contribution in [1.82, 2.24) is 14.7 Å². The number of benzene rings is 1. The van der Waals surface area contributed by atoms with Crippen LogP contribution in [0, 0.1) is 0 Å². The quantitative estimate of drug-likeness (QED) is 0.914. The van der Waals surface area contributed by atoms with Gasteiger partial charge < -0.3 is 15.4 Å². The fourth-order valence-corrected chi connectivity index (χ4v) is 2.34. The van der Waals surface area contributed by atoms with Crippen molar-refractivity contribution < 1.29 is 9.53 Å². The molecule has 1 aliphatic heterocycles. The van der Waals surface area contributed by atoms with E-state index in [2.05, 4.69) is 5.10 Å². The number of aromatic nitrogens is 2. The van der Waals surface area contributed by atoms with Crippen molar-refractivity contribution in [1.29, 1.82) is 0 Å². The summed E-state index contributed by atoms with van der Waals surface area (Å²) >= 11 is 5.86. The molecule has 6 nitrogen and oxygen atoms in total. The van der Waals surface area contributed by atoms with Crippen LogP contribution in [-0.4, -0.2) is 46.9 Å². The summed E-state index contributed by atoms with van der Waals surface area (Å²) in [6.07, 6.45) is 0. The molecule has 1 fully saturated rings. The Balaban J connectivity index is 1.86. The van der Waals surface area contributed by atoms with Gasteiger partial charge in [0.1, 0.15) is 5.82 Å². The molecule has 1 aromatic carbocycles. The highest BCUT2D eigenvalue weighted by Gasteiger charge is 2.22. The second kappa shape index (κ2) is 5.75. The van der Waals surface area contributed by atoms with Gasteiger partial charge in [-0.05, 0) is 24.3 Å². The molecule has 0 aliphatic carbocycles. The van der Waals surface area contributed by atoms with Gasteiger partial charge in [0.05, 0.1) is 18.9 Å². The first kappa shape index (κ1) is 13.9. The zero-order valence-electron chi connectivity index (χ0n) is 11.3. The lowest BCUT2D eigenvalue weighted by Gasteiger charge is -2.25. The maximum Gasteiger partial charge on any atom is 0.274 e. The van der Waals surface area contributed by atoms with E-state index in [-0.39, 0.29) is 5.91 Å². The van der Waals surface area contributed by atoms with Gasteiger partial charge in [0, 0.05) is 24.2 Å². The molecule has 0 atom stereocenters. The fourth-order valence-electron chi connectivity index (χ4n) is 2.22. The molecule has 1 saturated heterocycles. The Morgan fingerprint density at radius 1 is 1.24 bits per heavy atom. The summed E-state index contributed by atoms with van der Waals surface area (Å²) in [6, 6.07) is 8.69. The van der Waals surface area contributed by atoms with Gasteiger partial charge in [-0.25, -0.2) is 4.68 Å². The molecular formula is C14H15ClN4O2. The fraction of sp³-hybridized carbons (Fsp3) is 0.286. The lowest BCUT2D eigenvalue weighted by atomic mass is 10.3. The Bertz CT molecular complexity index is 647. The minimum absolute atomic E-state index is 0.127. The lowest BCUT2D eigenvalue weighted by molar-refractivity contribution is 0.0298. The molecule has 0 unspecified atom stereocenters. The molecule has 0 spiro atoms. The molecule has 1 amide bonds. The van der Waals surface area contributed by atoms with Crippen molar-refractivity contribution in [2.24, 2.45) is 0 Å². The molecule has 2 aromatic rings. The number of nitrogens with two attached hydrogens (primary N) is 1. The smallest absolute Gasteiger partial charge is 0.274 e. The van der Waals surface area contributed by atoms with Crippen LogP contribution in [-0.2, 0) is 4.74 Å². The van der Waals surface area contributed by atoms with Crippen molar-refractivity contribution in [2.75, 3.05) is 32.0 Å². The van der Waals surface area contributed by atoms with Gasteiger partial charge in [0.25, 0.3) is 5.91 Å². The second-order valence-corrected chi connectivity index (χ2v) is 5.18. The average molecular weight is 307 g/mol. The molecule has 1 aliphatic rings. The summed E-state index contributed by atoms with van der Waals surface area (Å²) in [5.74, 6) is 0.284. The highest BCUT2D eigenvalue weighted by atomic mass is 35.5. The van der Waals surface area contributed by atoms with Crippen molar-refractivity contribution >= 4 is 23.3 Å². The molecule has 21 heavy (non-hydrogen) atoms. The molecular weight excluding hydrogens is 292 g/mol. The third-order valence-electron chi connectivity index (χ3n) is 3.33. The van der Waals surface area contributed by atoms with E-state index in [1.165, 1.54) is 4.68 Å². The molecule has 2 heterocycles. The third-order valence-corrected chi connectivity index (χ3v) is 3.58. The van der Waals surface area contributed by atoms with Gasteiger partial charge in [-0.1, -0.05) is 11.6 Å². The number of hydrogen-bond acceptors (Lipinski definition) is 4. The van der Waals surface area contributed by atoms with Crippen LogP contribution in [0.4, 0.5) is 5.82 Å². The SMILES string of the molecule is Nc1cc(C(=O)N2CCOCC2)nn1-c1ccc(Cl)cc1. The first-order chi connectivity index (χ1) is 10.1. The number of nitrogen functional groups attached to an aromatic ring is 1. The van der Waals surface area contributed by atoms with Crippen molar-refractivity contribution in [3.63, 3.8) is 0 Å². The van der Waals surface area contributed by atoms with Crippen LogP contribution in [0.1, 0.15) is 10.5 Å². The number of ether oxygens (including phenoxy) is 1. The number of morpholine rings is 1. The summed E-state index contributed by atoms with van der Waals surface area (Å²) in [6.45, 7) is 2.26. The zero-order chi connectivity index (χ0) is 14.8. The Hall–Kier alpha value is -2.05. The monoisotopic (exact) mass is 306 g/mol. The molecule has 3 rings (SSSR count). The Morgan fingerprint density at radius 2 is 1.90 bits per heavy atom. The summed E-state index contributed by atoms with van der Waals surface area (Å²) in [5.41, 5.74) is 7.05. The van der Waals surface area contributed by atoms with Crippen molar-refractivity contribution in [3.05, 3.63) is 41.0 Å². The molecule has 0 bridgehead atoms. The number of halogens is 1. The molecule has 0 saturated carbocycles. The zero-order valence-corrected chi connectivity index (χ0v) is 12.1. The summed E-state index contributed by atoms with van der Waals surface area (Å²) in [5, 5.41) is 4.93. The van der Waals surface area contributed by atoms with E-state index in [1.807, 2.05) is 0 Å². The predicted molar refractivity (Wildman–Crippen MR) is 79.7 cm³/mol. The number of hydrogen-bond donors (Lipinski definition) is 1. The molecule has 2 N–H and O–H groups in total. The molecule has 7 heteroatoms. The largest absolute Gasteiger partial charge is 0.384 e. The van der Waals surface area contributed by atoms with Crippen LogP contribution in [0.5, 0.6) is 0 Å². The number of carbonyl (C=O) groups excluding carboxylic acids is 1. The standard InChI is InChI=1S/C14H15ClN4O2/c15-10-1-3-11(4-2-10)19-13(16)9-12(17-19)14(20)18-5-7-21-8-6-18/h1-4,9H,5-8,16H2. The van der Waals surface area contributed by atoms with E-state index in [0.717, 1.165) is 5.69 Å². The summed E-state index contributed by atoms with van der Waals surface area (Å²) in [7, 11) is 0. The van der Waals surface area contributed by atoms with Gasteiger partial charge in [-0.15, -0.1) is 0 Å².